The van der Waals surface area contributed by atoms with Gasteiger partial charge in [0.15, 0.2) is 0 Å². The highest BCUT2D eigenvalue weighted by atomic mass is 15.1. The normalized spacial score (nSPS) is 13.8. The fourth-order valence-electron chi connectivity index (χ4n) is 1.38. The second-order valence-electron chi connectivity index (χ2n) is 8.06. The summed E-state index contributed by atoms with van der Waals surface area (Å²) in [5.74, 6) is 2.65. The molecule has 0 fully saturated rings. The second-order valence-corrected chi connectivity index (χ2v) is 8.06. The zero-order chi connectivity index (χ0) is 14.4. The van der Waals surface area contributed by atoms with E-state index in [-0.39, 0.29) is 16.2 Å². The third-order valence-corrected chi connectivity index (χ3v) is 2.65. The van der Waals surface area contributed by atoms with Crippen molar-refractivity contribution < 1.29 is 0 Å². The van der Waals surface area contributed by atoms with Gasteiger partial charge < -0.3 is 0 Å². The van der Waals surface area contributed by atoms with Gasteiger partial charge in [0.05, 0.1) is 0 Å². The van der Waals surface area contributed by atoms with Crippen LogP contribution in [0.2, 0.25) is 0 Å². The van der Waals surface area contributed by atoms with Crippen molar-refractivity contribution in [3.8, 4) is 0 Å². The Hall–Kier alpha value is -0.990. The molecule has 102 valence electrons. The van der Waals surface area contributed by atoms with E-state index >= 15 is 0 Å². The van der Waals surface area contributed by atoms with Crippen LogP contribution in [0.5, 0.6) is 0 Å². The Bertz CT molecular complexity index is 350. The van der Waals surface area contributed by atoms with Gasteiger partial charge in [0.1, 0.15) is 17.5 Å². The van der Waals surface area contributed by atoms with Gasteiger partial charge in [-0.25, -0.2) is 15.0 Å². The minimum absolute atomic E-state index is 0.0526. The first kappa shape index (κ1) is 15.1. The second kappa shape index (κ2) is 4.29. The molecule has 3 heteroatoms. The summed E-state index contributed by atoms with van der Waals surface area (Å²) in [4.78, 5) is 14.0. The smallest absolute Gasteiger partial charge is 0.137 e. The molecule has 0 bridgehead atoms. The SMILES string of the molecule is CC(C)(C)c1nc(C(C)(C)C)nc(C(C)(C)C)n1. The van der Waals surface area contributed by atoms with E-state index in [4.69, 9.17) is 0 Å². The van der Waals surface area contributed by atoms with Crippen LogP contribution >= 0.6 is 0 Å². The summed E-state index contributed by atoms with van der Waals surface area (Å²) in [6.45, 7) is 19.3. The molecule has 0 atom stereocenters. The molecule has 0 aliphatic rings. The first-order valence-electron chi connectivity index (χ1n) is 6.59. The van der Waals surface area contributed by atoms with E-state index in [2.05, 4.69) is 77.3 Å². The molecule has 3 nitrogen and oxygen atoms in total. The van der Waals surface area contributed by atoms with Crippen molar-refractivity contribution in [2.75, 3.05) is 0 Å². The molecule has 0 amide bonds. The van der Waals surface area contributed by atoms with Gasteiger partial charge in [-0.15, -0.1) is 0 Å². The Morgan fingerprint density at radius 3 is 0.722 bits per heavy atom. The van der Waals surface area contributed by atoms with Gasteiger partial charge in [0, 0.05) is 16.2 Å². The summed E-state index contributed by atoms with van der Waals surface area (Å²) in [6, 6.07) is 0. The molecule has 18 heavy (non-hydrogen) atoms. The summed E-state index contributed by atoms with van der Waals surface area (Å²) in [5, 5.41) is 0. The third kappa shape index (κ3) is 3.50. The van der Waals surface area contributed by atoms with E-state index < -0.39 is 0 Å². The zero-order valence-corrected chi connectivity index (χ0v) is 13.3. The molecular formula is C15H27N3. The summed E-state index contributed by atoms with van der Waals surface area (Å²) in [5.41, 5.74) is -0.158. The summed E-state index contributed by atoms with van der Waals surface area (Å²) >= 11 is 0. The van der Waals surface area contributed by atoms with Crippen LogP contribution in [-0.2, 0) is 16.2 Å². The lowest BCUT2D eigenvalue weighted by Crippen LogP contribution is -2.28. The van der Waals surface area contributed by atoms with Gasteiger partial charge >= 0.3 is 0 Å². The molecule has 1 aromatic heterocycles. The Labute approximate surface area is 111 Å². The lowest BCUT2D eigenvalue weighted by Gasteiger charge is -2.26. The number of hydrogen-bond acceptors (Lipinski definition) is 3. The van der Waals surface area contributed by atoms with Gasteiger partial charge in [-0.3, -0.25) is 0 Å². The molecule has 1 rings (SSSR count). The molecule has 0 radical (unpaired) electrons. The predicted molar refractivity (Wildman–Crippen MR) is 75.9 cm³/mol. The highest BCUT2D eigenvalue weighted by molar-refractivity contribution is 5.14. The van der Waals surface area contributed by atoms with Crippen molar-refractivity contribution in [3.05, 3.63) is 17.5 Å². The predicted octanol–water partition coefficient (Wildman–Crippen LogP) is 3.76. The largest absolute Gasteiger partial charge is 0.217 e. The van der Waals surface area contributed by atoms with E-state index in [0.29, 0.717) is 0 Å². The molecule has 0 saturated carbocycles. The van der Waals surface area contributed by atoms with Gasteiger partial charge in [0.25, 0.3) is 0 Å². The van der Waals surface area contributed by atoms with Crippen LogP contribution < -0.4 is 0 Å². The fourth-order valence-corrected chi connectivity index (χ4v) is 1.38. The zero-order valence-electron chi connectivity index (χ0n) is 13.3. The highest BCUT2D eigenvalue weighted by Crippen LogP contribution is 2.26. The molecule has 0 spiro atoms. The molecule has 0 aliphatic heterocycles. The van der Waals surface area contributed by atoms with Gasteiger partial charge in [0.2, 0.25) is 0 Å². The van der Waals surface area contributed by atoms with Crippen molar-refractivity contribution in [2.45, 2.75) is 78.6 Å². The topological polar surface area (TPSA) is 38.7 Å². The van der Waals surface area contributed by atoms with Crippen molar-refractivity contribution >= 4 is 0 Å². The Kier molecular flexibility index (Phi) is 3.59. The third-order valence-electron chi connectivity index (χ3n) is 2.65. The number of nitrogens with zero attached hydrogens (tertiary/aromatic N) is 3. The number of hydrogen-bond donors (Lipinski definition) is 0. The Morgan fingerprint density at radius 1 is 0.444 bits per heavy atom. The summed E-state index contributed by atoms with van der Waals surface area (Å²) < 4.78 is 0. The molecular weight excluding hydrogens is 222 g/mol. The maximum absolute atomic E-state index is 4.67. The minimum Gasteiger partial charge on any atom is -0.217 e. The summed E-state index contributed by atoms with van der Waals surface area (Å²) in [7, 11) is 0. The first-order chi connectivity index (χ1) is 7.82. The molecule has 0 N–H and O–H groups in total. The maximum atomic E-state index is 4.67. The minimum atomic E-state index is -0.0526. The maximum Gasteiger partial charge on any atom is 0.137 e. The molecule has 0 aromatic carbocycles. The van der Waals surface area contributed by atoms with E-state index in [0.717, 1.165) is 17.5 Å². The van der Waals surface area contributed by atoms with Crippen molar-refractivity contribution in [2.24, 2.45) is 0 Å². The lowest BCUT2D eigenvalue weighted by molar-refractivity contribution is 0.457. The highest BCUT2D eigenvalue weighted by Gasteiger charge is 2.28. The van der Waals surface area contributed by atoms with E-state index in [1.54, 1.807) is 0 Å². The number of rotatable bonds is 0. The first-order valence-corrected chi connectivity index (χ1v) is 6.59. The molecule has 0 aliphatic carbocycles. The molecule has 0 saturated heterocycles. The Morgan fingerprint density at radius 2 is 0.611 bits per heavy atom. The van der Waals surface area contributed by atoms with E-state index in [9.17, 15) is 0 Å². The van der Waals surface area contributed by atoms with Crippen LogP contribution in [0, 0.1) is 0 Å². The van der Waals surface area contributed by atoms with E-state index in [1.165, 1.54) is 0 Å². The van der Waals surface area contributed by atoms with Crippen LogP contribution in [0.1, 0.15) is 79.8 Å². The fraction of sp³-hybridized carbons (Fsp3) is 0.800. The molecule has 0 unspecified atom stereocenters. The molecule has 1 heterocycles. The van der Waals surface area contributed by atoms with Crippen LogP contribution in [0.3, 0.4) is 0 Å². The van der Waals surface area contributed by atoms with Crippen molar-refractivity contribution in [1.82, 2.24) is 15.0 Å². The van der Waals surface area contributed by atoms with E-state index in [1.807, 2.05) is 0 Å². The quantitative estimate of drug-likeness (QED) is 0.702. The van der Waals surface area contributed by atoms with Crippen LogP contribution in [0.4, 0.5) is 0 Å². The van der Waals surface area contributed by atoms with Crippen molar-refractivity contribution in [3.63, 3.8) is 0 Å². The average molecular weight is 249 g/mol. The number of aromatic nitrogens is 3. The standard InChI is InChI=1S/C15H27N3/c1-13(2,3)10-16-11(14(4,5)6)18-12(17-10)15(7,8)9/h1-9H3. The molecule has 1 aromatic rings. The monoisotopic (exact) mass is 249 g/mol. The van der Waals surface area contributed by atoms with Crippen LogP contribution in [-0.4, -0.2) is 15.0 Å². The van der Waals surface area contributed by atoms with Gasteiger partial charge in [-0.1, -0.05) is 62.3 Å². The summed E-state index contributed by atoms with van der Waals surface area (Å²) in [6.07, 6.45) is 0. The Balaban J connectivity index is 3.49. The van der Waals surface area contributed by atoms with Gasteiger partial charge in [-0.2, -0.15) is 0 Å². The lowest BCUT2D eigenvalue weighted by atomic mass is 9.90. The average Bonchev–Trinajstić information content (AvgIpc) is 2.13. The van der Waals surface area contributed by atoms with Crippen molar-refractivity contribution in [1.29, 1.82) is 0 Å². The van der Waals surface area contributed by atoms with Crippen LogP contribution in [0.15, 0.2) is 0 Å². The van der Waals surface area contributed by atoms with Gasteiger partial charge in [-0.05, 0) is 0 Å². The van der Waals surface area contributed by atoms with Crippen LogP contribution in [0.25, 0.3) is 0 Å².